The summed E-state index contributed by atoms with van der Waals surface area (Å²) in [5, 5.41) is 20.7. The number of anilines is 1. The Labute approximate surface area is 150 Å². The molecule has 3 N–H and O–H groups in total. The number of hydroxylamine groups is 1. The number of rotatable bonds is 10. The van der Waals surface area contributed by atoms with Gasteiger partial charge >= 0.3 is 0 Å². The smallest absolute Gasteiger partial charge is 0.243 e. The summed E-state index contributed by atoms with van der Waals surface area (Å²) in [6.45, 7) is 0. The van der Waals surface area contributed by atoms with Crippen molar-refractivity contribution in [2.75, 3.05) is 5.32 Å². The fourth-order valence-electron chi connectivity index (χ4n) is 2.29. The molecule has 0 aliphatic heterocycles. The zero-order valence-electron chi connectivity index (χ0n) is 13.9. The summed E-state index contributed by atoms with van der Waals surface area (Å²) in [7, 11) is 0. The van der Waals surface area contributed by atoms with Crippen LogP contribution in [0.25, 0.3) is 0 Å². The van der Waals surface area contributed by atoms with E-state index in [1.165, 1.54) is 16.9 Å². The van der Waals surface area contributed by atoms with Gasteiger partial charge in [0.1, 0.15) is 5.01 Å². The van der Waals surface area contributed by atoms with Crippen LogP contribution < -0.4 is 10.8 Å². The minimum atomic E-state index is -0.402. The standard InChI is InChI=1S/C17H22N4O3S/c22-14(9-5-2-6-10-15(23)21-24)18-17-20-19-16(25-17)12-11-13-7-3-1-4-8-13/h1,3-4,7-8,24H,2,5-6,9-12H2,(H,21,23)(H,18,20,22). The number of aryl methyl sites for hydroxylation is 2. The van der Waals surface area contributed by atoms with Crippen molar-refractivity contribution in [2.24, 2.45) is 0 Å². The maximum Gasteiger partial charge on any atom is 0.243 e. The topological polar surface area (TPSA) is 104 Å². The Bertz CT molecular complexity index is 676. The molecule has 25 heavy (non-hydrogen) atoms. The third kappa shape index (κ3) is 7.40. The van der Waals surface area contributed by atoms with Gasteiger partial charge in [-0.05, 0) is 24.8 Å². The van der Waals surface area contributed by atoms with Crippen LogP contribution in [0.2, 0.25) is 0 Å². The lowest BCUT2D eigenvalue weighted by atomic mass is 10.1. The van der Waals surface area contributed by atoms with Crippen LogP contribution in [0.1, 0.15) is 42.7 Å². The number of nitrogens with zero attached hydrogens (tertiary/aromatic N) is 2. The van der Waals surface area contributed by atoms with E-state index in [9.17, 15) is 9.59 Å². The van der Waals surface area contributed by atoms with Crippen molar-refractivity contribution in [2.45, 2.75) is 44.9 Å². The average molecular weight is 362 g/mol. The molecular formula is C17H22N4O3S. The highest BCUT2D eigenvalue weighted by Gasteiger charge is 2.08. The van der Waals surface area contributed by atoms with Crippen molar-refractivity contribution in [1.82, 2.24) is 15.7 Å². The Balaban J connectivity index is 1.64. The molecular weight excluding hydrogens is 340 g/mol. The van der Waals surface area contributed by atoms with E-state index in [0.29, 0.717) is 24.4 Å². The van der Waals surface area contributed by atoms with Crippen molar-refractivity contribution in [1.29, 1.82) is 0 Å². The molecule has 0 aliphatic carbocycles. The Morgan fingerprint density at radius 1 is 0.960 bits per heavy atom. The normalized spacial score (nSPS) is 10.4. The summed E-state index contributed by atoms with van der Waals surface area (Å²) in [4.78, 5) is 22.7. The van der Waals surface area contributed by atoms with Gasteiger partial charge in [0, 0.05) is 19.3 Å². The predicted octanol–water partition coefficient (Wildman–Crippen LogP) is 2.72. The summed E-state index contributed by atoms with van der Waals surface area (Å²) in [6, 6.07) is 10.2. The monoisotopic (exact) mass is 362 g/mol. The van der Waals surface area contributed by atoms with E-state index >= 15 is 0 Å². The predicted molar refractivity (Wildman–Crippen MR) is 95.4 cm³/mol. The molecule has 8 heteroatoms. The van der Waals surface area contributed by atoms with E-state index in [1.807, 2.05) is 18.2 Å². The van der Waals surface area contributed by atoms with Crippen molar-refractivity contribution < 1.29 is 14.8 Å². The number of carbonyl (C=O) groups excluding carboxylic acids is 2. The van der Waals surface area contributed by atoms with Gasteiger partial charge in [-0.15, -0.1) is 10.2 Å². The van der Waals surface area contributed by atoms with Crippen LogP contribution in [0.5, 0.6) is 0 Å². The fraction of sp³-hybridized carbons (Fsp3) is 0.412. The van der Waals surface area contributed by atoms with Gasteiger partial charge in [0.2, 0.25) is 16.9 Å². The molecule has 0 aliphatic rings. The number of nitrogens with one attached hydrogen (secondary N) is 2. The Morgan fingerprint density at radius 2 is 1.68 bits per heavy atom. The highest BCUT2D eigenvalue weighted by Crippen LogP contribution is 2.17. The van der Waals surface area contributed by atoms with Crippen LogP contribution in [0.4, 0.5) is 5.13 Å². The molecule has 0 spiro atoms. The van der Waals surface area contributed by atoms with Crippen molar-refractivity contribution in [3.63, 3.8) is 0 Å². The van der Waals surface area contributed by atoms with Gasteiger partial charge in [-0.1, -0.05) is 48.1 Å². The number of hydrogen-bond acceptors (Lipinski definition) is 6. The first-order chi connectivity index (χ1) is 12.2. The van der Waals surface area contributed by atoms with Crippen LogP contribution in [-0.4, -0.2) is 27.2 Å². The number of benzene rings is 1. The molecule has 0 bridgehead atoms. The van der Waals surface area contributed by atoms with E-state index in [-0.39, 0.29) is 12.3 Å². The third-order valence-electron chi connectivity index (χ3n) is 3.62. The third-order valence-corrected chi connectivity index (χ3v) is 4.51. The second-order valence-electron chi connectivity index (χ2n) is 5.63. The van der Waals surface area contributed by atoms with Gasteiger partial charge in [-0.3, -0.25) is 14.8 Å². The summed E-state index contributed by atoms with van der Waals surface area (Å²) in [5.41, 5.74) is 2.84. The van der Waals surface area contributed by atoms with Gasteiger partial charge in [-0.25, -0.2) is 5.48 Å². The first-order valence-corrected chi connectivity index (χ1v) is 9.08. The van der Waals surface area contributed by atoms with Crippen LogP contribution in [-0.2, 0) is 22.4 Å². The molecule has 0 unspecified atom stereocenters. The lowest BCUT2D eigenvalue weighted by Crippen LogP contribution is -2.17. The quantitative estimate of drug-likeness (QED) is 0.342. The number of amides is 2. The second-order valence-corrected chi connectivity index (χ2v) is 6.69. The molecule has 0 radical (unpaired) electrons. The molecule has 0 atom stereocenters. The Morgan fingerprint density at radius 3 is 2.40 bits per heavy atom. The molecule has 2 amide bonds. The molecule has 0 saturated carbocycles. The fourth-order valence-corrected chi connectivity index (χ4v) is 3.04. The van der Waals surface area contributed by atoms with Gasteiger partial charge in [-0.2, -0.15) is 0 Å². The van der Waals surface area contributed by atoms with Gasteiger partial charge in [0.15, 0.2) is 0 Å². The van der Waals surface area contributed by atoms with Crippen LogP contribution >= 0.6 is 11.3 Å². The minimum Gasteiger partial charge on any atom is -0.301 e. The van der Waals surface area contributed by atoms with Gasteiger partial charge < -0.3 is 5.32 Å². The maximum absolute atomic E-state index is 11.9. The number of hydrogen-bond donors (Lipinski definition) is 3. The molecule has 0 saturated heterocycles. The summed E-state index contributed by atoms with van der Waals surface area (Å²) >= 11 is 1.40. The van der Waals surface area contributed by atoms with Crippen molar-refractivity contribution >= 4 is 28.3 Å². The molecule has 1 aromatic heterocycles. The molecule has 7 nitrogen and oxygen atoms in total. The molecule has 2 aromatic rings. The van der Waals surface area contributed by atoms with E-state index < -0.39 is 5.91 Å². The Kier molecular flexibility index (Phi) is 8.00. The minimum absolute atomic E-state index is 0.0997. The van der Waals surface area contributed by atoms with E-state index in [2.05, 4.69) is 27.6 Å². The molecule has 134 valence electrons. The van der Waals surface area contributed by atoms with Gasteiger partial charge in [0.05, 0.1) is 0 Å². The van der Waals surface area contributed by atoms with Crippen LogP contribution in [0, 0.1) is 0 Å². The van der Waals surface area contributed by atoms with Crippen LogP contribution in [0.3, 0.4) is 0 Å². The first-order valence-electron chi connectivity index (χ1n) is 8.26. The highest BCUT2D eigenvalue weighted by atomic mass is 32.1. The van der Waals surface area contributed by atoms with Gasteiger partial charge in [0.25, 0.3) is 0 Å². The molecule has 2 rings (SSSR count). The van der Waals surface area contributed by atoms with E-state index in [4.69, 9.17) is 5.21 Å². The number of carbonyl (C=O) groups is 2. The maximum atomic E-state index is 11.9. The summed E-state index contributed by atoms with van der Waals surface area (Å²) < 4.78 is 0. The lowest BCUT2D eigenvalue weighted by molar-refractivity contribution is -0.129. The average Bonchev–Trinajstić information content (AvgIpc) is 3.07. The van der Waals surface area contributed by atoms with Crippen molar-refractivity contribution in [3.8, 4) is 0 Å². The molecule has 1 aromatic carbocycles. The lowest BCUT2D eigenvalue weighted by Gasteiger charge is -2.01. The Hall–Kier alpha value is -2.32. The zero-order chi connectivity index (χ0) is 17.9. The SMILES string of the molecule is O=C(CCCCCC(=O)Nc1nnc(CCc2ccccc2)s1)NO. The van der Waals surface area contributed by atoms with Crippen molar-refractivity contribution in [3.05, 3.63) is 40.9 Å². The first kappa shape index (κ1) is 19.0. The molecule has 1 heterocycles. The largest absolute Gasteiger partial charge is 0.301 e. The molecule has 0 fully saturated rings. The number of unbranched alkanes of at least 4 members (excludes halogenated alkanes) is 2. The summed E-state index contributed by atoms with van der Waals surface area (Å²) in [6.07, 6.45) is 4.40. The highest BCUT2D eigenvalue weighted by molar-refractivity contribution is 7.15. The van der Waals surface area contributed by atoms with Crippen LogP contribution in [0.15, 0.2) is 30.3 Å². The summed E-state index contributed by atoms with van der Waals surface area (Å²) in [5.74, 6) is -0.501. The second kappa shape index (κ2) is 10.5. The van der Waals surface area contributed by atoms with E-state index in [0.717, 1.165) is 24.3 Å². The number of aromatic nitrogens is 2. The zero-order valence-corrected chi connectivity index (χ0v) is 14.7. The van der Waals surface area contributed by atoms with E-state index in [1.54, 1.807) is 5.48 Å².